The van der Waals surface area contributed by atoms with Crippen molar-refractivity contribution in [2.24, 2.45) is 5.41 Å². The van der Waals surface area contributed by atoms with Crippen LogP contribution in [-0.2, 0) is 14.3 Å². The number of carboxylic acid groups (broad SMARTS) is 1. The van der Waals surface area contributed by atoms with Crippen LogP contribution in [0.15, 0.2) is 0 Å². The molecule has 0 bridgehead atoms. The van der Waals surface area contributed by atoms with Crippen LogP contribution in [0.3, 0.4) is 0 Å². The van der Waals surface area contributed by atoms with Crippen LogP contribution in [-0.4, -0.2) is 54.5 Å². The molecule has 1 spiro atoms. The second-order valence-corrected chi connectivity index (χ2v) is 6.20. The number of alkyl halides is 1. The molecule has 0 N–H and O–H groups in total. The van der Waals surface area contributed by atoms with Gasteiger partial charge in [-0.15, -0.1) is 0 Å². The van der Waals surface area contributed by atoms with Crippen molar-refractivity contribution < 1.29 is 79.9 Å². The fourth-order valence-electron chi connectivity index (χ4n) is 2.38. The van der Waals surface area contributed by atoms with Crippen molar-refractivity contribution in [1.82, 2.24) is 4.90 Å². The quantitative estimate of drug-likeness (QED) is 0.474. The number of ether oxygens (including phenoxy) is 2. The molecule has 0 saturated carbocycles. The van der Waals surface area contributed by atoms with E-state index in [9.17, 15) is 19.1 Å². The Morgan fingerprint density at radius 2 is 1.85 bits per heavy atom. The standard InChI is InChI=1S/C12H18FNO5.K/c1-10(2,3)19-9(17)14-4-11(6-18-7-11)12(13,5-14)8(15)16;/h4-7H2,1-3H3,(H,15,16);/q;+1/p-1. The molecule has 2 heterocycles. The second-order valence-electron chi connectivity index (χ2n) is 6.20. The number of carbonyl (C=O) groups is 2. The zero-order valence-corrected chi connectivity index (χ0v) is 15.3. The van der Waals surface area contributed by atoms with E-state index in [2.05, 4.69) is 0 Å². The van der Waals surface area contributed by atoms with Crippen LogP contribution in [0, 0.1) is 5.41 Å². The van der Waals surface area contributed by atoms with E-state index in [1.54, 1.807) is 20.8 Å². The van der Waals surface area contributed by atoms with Crippen LogP contribution in [0.5, 0.6) is 0 Å². The number of amides is 1. The molecule has 6 nitrogen and oxygen atoms in total. The fraction of sp³-hybridized carbons (Fsp3) is 0.833. The number of rotatable bonds is 1. The normalized spacial score (nSPS) is 27.7. The molecule has 20 heavy (non-hydrogen) atoms. The summed E-state index contributed by atoms with van der Waals surface area (Å²) in [6.07, 6.45) is -0.723. The maximum absolute atomic E-state index is 14.6. The number of halogens is 1. The van der Waals surface area contributed by atoms with E-state index < -0.39 is 35.3 Å². The van der Waals surface area contributed by atoms with Gasteiger partial charge in [0, 0.05) is 6.54 Å². The molecule has 1 unspecified atom stereocenters. The molecule has 0 aromatic rings. The van der Waals surface area contributed by atoms with Crippen LogP contribution in [0.4, 0.5) is 9.18 Å². The molecular formula is C12H17FKNO5. The molecule has 2 fully saturated rings. The summed E-state index contributed by atoms with van der Waals surface area (Å²) in [7, 11) is 0. The van der Waals surface area contributed by atoms with Gasteiger partial charge in [0.05, 0.1) is 31.1 Å². The Kier molecular flexibility index (Phi) is 5.32. The Balaban J connectivity index is 0.00000200. The predicted molar refractivity (Wildman–Crippen MR) is 59.9 cm³/mol. The van der Waals surface area contributed by atoms with E-state index in [1.165, 1.54) is 0 Å². The zero-order valence-electron chi connectivity index (χ0n) is 12.2. The number of likely N-dealkylation sites (tertiary alicyclic amines) is 1. The molecule has 8 heteroatoms. The maximum Gasteiger partial charge on any atom is 1.00 e. The van der Waals surface area contributed by atoms with Gasteiger partial charge in [0.15, 0.2) is 5.67 Å². The molecule has 0 radical (unpaired) electrons. The Bertz CT molecular complexity index is 421. The van der Waals surface area contributed by atoms with E-state index in [1.807, 2.05) is 0 Å². The summed E-state index contributed by atoms with van der Waals surface area (Å²) in [6, 6.07) is 0. The van der Waals surface area contributed by atoms with Crippen LogP contribution in [0.1, 0.15) is 20.8 Å². The largest absolute Gasteiger partial charge is 1.00 e. The molecule has 2 aliphatic heterocycles. The molecule has 0 aliphatic carbocycles. The Morgan fingerprint density at radius 3 is 2.15 bits per heavy atom. The monoisotopic (exact) mass is 313 g/mol. The molecule has 2 rings (SSSR count). The number of carboxylic acids is 1. The molecule has 2 aliphatic rings. The third-order valence-electron chi connectivity index (χ3n) is 3.47. The van der Waals surface area contributed by atoms with Gasteiger partial charge in [-0.2, -0.15) is 0 Å². The summed E-state index contributed by atoms with van der Waals surface area (Å²) in [4.78, 5) is 24.0. The number of nitrogens with zero attached hydrogens (tertiary/aromatic N) is 1. The van der Waals surface area contributed by atoms with Gasteiger partial charge in [-0.05, 0) is 20.8 Å². The van der Waals surface area contributed by atoms with Crippen LogP contribution in [0.2, 0.25) is 0 Å². The summed E-state index contributed by atoms with van der Waals surface area (Å²) < 4.78 is 24.6. The van der Waals surface area contributed by atoms with Crippen molar-refractivity contribution >= 4 is 12.1 Å². The molecule has 0 aromatic carbocycles. The van der Waals surface area contributed by atoms with E-state index in [-0.39, 0.29) is 71.1 Å². The van der Waals surface area contributed by atoms with Gasteiger partial charge in [0.25, 0.3) is 0 Å². The molecule has 108 valence electrons. The summed E-state index contributed by atoms with van der Waals surface area (Å²) >= 11 is 0. The van der Waals surface area contributed by atoms with E-state index >= 15 is 0 Å². The Hall–Kier alpha value is 0.266. The molecular weight excluding hydrogens is 296 g/mol. The number of hydrogen-bond acceptors (Lipinski definition) is 5. The Labute approximate surface area is 159 Å². The molecule has 1 atom stereocenters. The van der Waals surface area contributed by atoms with Crippen LogP contribution < -0.4 is 56.5 Å². The minimum atomic E-state index is -2.58. The number of hydrogen-bond donors (Lipinski definition) is 0. The van der Waals surface area contributed by atoms with Crippen molar-refractivity contribution in [3.05, 3.63) is 0 Å². The maximum atomic E-state index is 14.6. The molecule has 1 amide bonds. The summed E-state index contributed by atoms with van der Waals surface area (Å²) in [6.45, 7) is 4.40. The van der Waals surface area contributed by atoms with Gasteiger partial charge in [0.2, 0.25) is 0 Å². The minimum Gasteiger partial charge on any atom is -0.547 e. The third kappa shape index (κ3) is 3.05. The first-order valence-corrected chi connectivity index (χ1v) is 6.06. The van der Waals surface area contributed by atoms with E-state index in [4.69, 9.17) is 9.47 Å². The number of carbonyl (C=O) groups excluding carboxylic acids is 2. The van der Waals surface area contributed by atoms with Gasteiger partial charge in [0.1, 0.15) is 5.60 Å². The van der Waals surface area contributed by atoms with Gasteiger partial charge in [-0.1, -0.05) is 0 Å². The average molecular weight is 313 g/mol. The zero-order chi connectivity index (χ0) is 14.5. The van der Waals surface area contributed by atoms with Crippen molar-refractivity contribution in [2.75, 3.05) is 26.3 Å². The SMILES string of the molecule is CC(C)(C)OC(=O)N1CC2(COC2)C(F)(C(=O)[O-])C1.[K+]. The van der Waals surface area contributed by atoms with Gasteiger partial charge in [-0.25, -0.2) is 9.18 Å². The minimum absolute atomic E-state index is 0. The van der Waals surface area contributed by atoms with Crippen molar-refractivity contribution in [3.63, 3.8) is 0 Å². The smallest absolute Gasteiger partial charge is 0.547 e. The van der Waals surface area contributed by atoms with Crippen molar-refractivity contribution in [2.45, 2.75) is 32.0 Å². The second kappa shape index (κ2) is 5.81. The molecule has 2 saturated heterocycles. The third-order valence-corrected chi connectivity index (χ3v) is 3.47. The molecule has 0 aromatic heterocycles. The van der Waals surface area contributed by atoms with Gasteiger partial charge < -0.3 is 24.3 Å². The first-order valence-electron chi connectivity index (χ1n) is 6.06. The predicted octanol–water partition coefficient (Wildman–Crippen LogP) is -3.28. The summed E-state index contributed by atoms with van der Waals surface area (Å²) in [5.74, 6) is -1.80. The Morgan fingerprint density at radius 1 is 1.30 bits per heavy atom. The van der Waals surface area contributed by atoms with Gasteiger partial charge in [-0.3, -0.25) is 0 Å². The summed E-state index contributed by atoms with van der Waals surface area (Å²) in [5.41, 5.74) is -4.51. The van der Waals surface area contributed by atoms with E-state index in [0.717, 1.165) is 4.90 Å². The van der Waals surface area contributed by atoms with Crippen LogP contribution >= 0.6 is 0 Å². The van der Waals surface area contributed by atoms with Crippen molar-refractivity contribution in [3.8, 4) is 0 Å². The number of aliphatic carboxylic acids is 1. The summed E-state index contributed by atoms with van der Waals surface area (Å²) in [5, 5.41) is 11.1. The van der Waals surface area contributed by atoms with E-state index in [0.29, 0.717) is 0 Å². The fourth-order valence-corrected chi connectivity index (χ4v) is 2.38. The van der Waals surface area contributed by atoms with Crippen molar-refractivity contribution in [1.29, 1.82) is 0 Å². The topological polar surface area (TPSA) is 78.9 Å². The van der Waals surface area contributed by atoms with Gasteiger partial charge >= 0.3 is 57.5 Å². The first kappa shape index (κ1) is 18.3. The van der Waals surface area contributed by atoms with Crippen LogP contribution in [0.25, 0.3) is 0 Å². The average Bonchev–Trinajstić information content (AvgIpc) is 2.50. The first-order chi connectivity index (χ1) is 8.60.